The van der Waals surface area contributed by atoms with Gasteiger partial charge in [0.2, 0.25) is 0 Å². The molecule has 1 amide bonds. The monoisotopic (exact) mass is 449 g/mol. The van der Waals surface area contributed by atoms with E-state index in [0.29, 0.717) is 18.4 Å². The third-order valence-corrected chi connectivity index (χ3v) is 10.3. The van der Waals surface area contributed by atoms with Crippen LogP contribution in [0, 0.1) is 10.1 Å². The molecule has 1 heterocycles. The summed E-state index contributed by atoms with van der Waals surface area (Å²) in [6, 6.07) is 1.18. The molecule has 0 radical (unpaired) electrons. The number of aromatic nitrogens is 1. The molecule has 0 spiro atoms. The highest BCUT2D eigenvalue weighted by Gasteiger charge is 2.42. The minimum Gasteiger partial charge on any atom is -0.444 e. The molecule has 2 atom stereocenters. The van der Waals surface area contributed by atoms with Crippen molar-refractivity contribution in [2.75, 3.05) is 0 Å². The van der Waals surface area contributed by atoms with Gasteiger partial charge >= 0.3 is 6.09 Å². The second kappa shape index (κ2) is 9.08. The molecule has 0 aliphatic heterocycles. The lowest BCUT2D eigenvalue weighted by molar-refractivity contribution is -0.385. The van der Waals surface area contributed by atoms with Gasteiger partial charge in [0.15, 0.2) is 8.32 Å². The SMILES string of the molecule is CC(C)(C)OC(=O)N[C@@H]1C=C(c2ccncc2[N+](=O)[O-])CC[C@H]1O[Si](C)(C)C(C)(C)C. The Labute approximate surface area is 185 Å². The number of nitrogens with one attached hydrogen (secondary N) is 1. The standard InChI is InChI=1S/C22H35N3O5Si/c1-21(2,3)29-20(26)24-17-13-15(16-11-12-23-14-18(16)25(27)28)9-10-19(17)30-31(7,8)22(4,5)6/h11-14,17,19H,9-10H2,1-8H3,(H,24,26)/t17-,19-/m1/s1. The lowest BCUT2D eigenvalue weighted by Gasteiger charge is -2.42. The summed E-state index contributed by atoms with van der Waals surface area (Å²) in [6.45, 7) is 16.3. The third-order valence-electron chi connectivity index (χ3n) is 5.76. The summed E-state index contributed by atoms with van der Waals surface area (Å²) in [5, 5.41) is 14.4. The number of rotatable bonds is 5. The van der Waals surface area contributed by atoms with E-state index in [1.807, 2.05) is 6.08 Å². The van der Waals surface area contributed by atoms with Crippen LogP contribution >= 0.6 is 0 Å². The number of nitrogens with zero attached hydrogens (tertiary/aromatic N) is 2. The van der Waals surface area contributed by atoms with E-state index in [4.69, 9.17) is 9.16 Å². The highest BCUT2D eigenvalue weighted by Crippen LogP contribution is 2.40. The van der Waals surface area contributed by atoms with Crippen molar-refractivity contribution in [3.05, 3.63) is 40.2 Å². The molecule has 1 aliphatic carbocycles. The molecule has 1 aromatic heterocycles. The Hall–Kier alpha value is -2.26. The maximum absolute atomic E-state index is 12.5. The van der Waals surface area contributed by atoms with Crippen molar-refractivity contribution in [1.82, 2.24) is 10.3 Å². The zero-order valence-corrected chi connectivity index (χ0v) is 20.8. The van der Waals surface area contributed by atoms with Crippen LogP contribution in [0.3, 0.4) is 0 Å². The van der Waals surface area contributed by atoms with Gasteiger partial charge in [-0.2, -0.15) is 0 Å². The second-order valence-corrected chi connectivity index (χ2v) is 15.2. The number of ether oxygens (including phenoxy) is 1. The van der Waals surface area contributed by atoms with Crippen LogP contribution in [0.2, 0.25) is 18.1 Å². The number of hydrogen-bond acceptors (Lipinski definition) is 6. The van der Waals surface area contributed by atoms with Crippen LogP contribution in [0.1, 0.15) is 59.9 Å². The summed E-state index contributed by atoms with van der Waals surface area (Å²) < 4.78 is 12.1. The highest BCUT2D eigenvalue weighted by atomic mass is 28.4. The summed E-state index contributed by atoms with van der Waals surface area (Å²) in [5.74, 6) is 0. The van der Waals surface area contributed by atoms with Crippen molar-refractivity contribution < 1.29 is 18.9 Å². The molecule has 0 bridgehead atoms. The van der Waals surface area contributed by atoms with Crippen LogP contribution in [0.4, 0.5) is 10.5 Å². The molecule has 172 valence electrons. The number of carbonyl (C=O) groups is 1. The molecule has 31 heavy (non-hydrogen) atoms. The number of allylic oxidation sites excluding steroid dienone is 1. The molecular weight excluding hydrogens is 414 g/mol. The van der Waals surface area contributed by atoms with Gasteiger partial charge in [-0.1, -0.05) is 26.8 Å². The molecule has 0 saturated carbocycles. The van der Waals surface area contributed by atoms with Gasteiger partial charge < -0.3 is 14.5 Å². The van der Waals surface area contributed by atoms with Crippen LogP contribution in [0.15, 0.2) is 24.5 Å². The highest BCUT2D eigenvalue weighted by molar-refractivity contribution is 6.74. The van der Waals surface area contributed by atoms with Gasteiger partial charge in [0.1, 0.15) is 11.8 Å². The molecule has 1 N–H and O–H groups in total. The van der Waals surface area contributed by atoms with E-state index in [9.17, 15) is 14.9 Å². The van der Waals surface area contributed by atoms with Crippen LogP contribution in [0.25, 0.3) is 5.57 Å². The molecule has 8 nitrogen and oxygen atoms in total. The number of nitro groups is 1. The van der Waals surface area contributed by atoms with Gasteiger partial charge in [-0.25, -0.2) is 4.79 Å². The van der Waals surface area contributed by atoms with Crippen LogP contribution in [-0.4, -0.2) is 42.1 Å². The van der Waals surface area contributed by atoms with Crippen molar-refractivity contribution in [3.8, 4) is 0 Å². The number of pyridine rings is 1. The summed E-state index contributed by atoms with van der Waals surface area (Å²) in [4.78, 5) is 27.4. The number of alkyl carbamates (subject to hydrolysis) is 1. The first-order valence-corrected chi connectivity index (χ1v) is 13.5. The average Bonchev–Trinajstić information content (AvgIpc) is 2.60. The van der Waals surface area contributed by atoms with Gasteiger partial charge in [-0.15, -0.1) is 0 Å². The van der Waals surface area contributed by atoms with Crippen molar-refractivity contribution >= 4 is 25.7 Å². The number of amides is 1. The van der Waals surface area contributed by atoms with Gasteiger partial charge in [0.05, 0.1) is 22.6 Å². The predicted molar refractivity (Wildman–Crippen MR) is 123 cm³/mol. The van der Waals surface area contributed by atoms with Gasteiger partial charge in [0, 0.05) is 6.20 Å². The first kappa shape index (κ1) is 25.0. The Morgan fingerprint density at radius 1 is 1.26 bits per heavy atom. The quantitative estimate of drug-likeness (QED) is 0.364. The van der Waals surface area contributed by atoms with Crippen molar-refractivity contribution in [1.29, 1.82) is 0 Å². The maximum atomic E-state index is 12.5. The maximum Gasteiger partial charge on any atom is 0.408 e. The first-order chi connectivity index (χ1) is 14.1. The molecule has 0 aromatic carbocycles. The molecule has 1 aromatic rings. The Kier molecular flexibility index (Phi) is 7.32. The van der Waals surface area contributed by atoms with E-state index in [0.717, 1.165) is 5.57 Å². The van der Waals surface area contributed by atoms with Crippen molar-refractivity contribution in [2.24, 2.45) is 0 Å². The third kappa shape index (κ3) is 6.61. The molecular formula is C22H35N3O5Si. The predicted octanol–water partition coefficient (Wildman–Crippen LogP) is 5.45. The second-order valence-electron chi connectivity index (χ2n) is 10.5. The van der Waals surface area contributed by atoms with Gasteiger partial charge in [-0.3, -0.25) is 15.1 Å². The fourth-order valence-corrected chi connectivity index (χ4v) is 4.55. The van der Waals surface area contributed by atoms with E-state index in [2.05, 4.69) is 44.2 Å². The molecule has 2 rings (SSSR count). The molecule has 0 saturated heterocycles. The van der Waals surface area contributed by atoms with Crippen LogP contribution in [0.5, 0.6) is 0 Å². The molecule has 0 unspecified atom stereocenters. The fourth-order valence-electron chi connectivity index (χ4n) is 3.18. The number of hydrogen-bond donors (Lipinski definition) is 1. The van der Waals surface area contributed by atoms with Crippen molar-refractivity contribution in [2.45, 2.75) is 90.3 Å². The van der Waals surface area contributed by atoms with E-state index in [-0.39, 0.29) is 16.8 Å². The molecule has 1 aliphatic rings. The zero-order chi connectivity index (χ0) is 23.6. The minimum atomic E-state index is -2.10. The Balaban J connectivity index is 2.39. The van der Waals surface area contributed by atoms with Crippen LogP contribution < -0.4 is 5.32 Å². The van der Waals surface area contributed by atoms with E-state index in [1.165, 1.54) is 12.4 Å². The average molecular weight is 450 g/mol. The fraction of sp³-hybridized carbons (Fsp3) is 0.636. The number of carbonyl (C=O) groups excluding carboxylic acids is 1. The lowest BCUT2D eigenvalue weighted by atomic mass is 9.89. The minimum absolute atomic E-state index is 0.0113. The van der Waals surface area contributed by atoms with Gasteiger partial charge in [-0.05, 0) is 63.4 Å². The Morgan fingerprint density at radius 2 is 1.90 bits per heavy atom. The first-order valence-electron chi connectivity index (χ1n) is 10.6. The topological polar surface area (TPSA) is 104 Å². The van der Waals surface area contributed by atoms with Gasteiger partial charge in [0.25, 0.3) is 5.69 Å². The summed E-state index contributed by atoms with van der Waals surface area (Å²) in [5.41, 5.74) is 0.630. The van der Waals surface area contributed by atoms with E-state index in [1.54, 1.807) is 26.8 Å². The largest absolute Gasteiger partial charge is 0.444 e. The summed E-state index contributed by atoms with van der Waals surface area (Å²) in [7, 11) is -2.10. The van der Waals surface area contributed by atoms with Crippen molar-refractivity contribution in [3.63, 3.8) is 0 Å². The van der Waals surface area contributed by atoms with E-state index < -0.39 is 31.0 Å². The smallest absolute Gasteiger partial charge is 0.408 e. The molecule has 0 fully saturated rings. The Bertz CT molecular complexity index is 855. The summed E-state index contributed by atoms with van der Waals surface area (Å²) in [6.07, 6.45) is 5.13. The zero-order valence-electron chi connectivity index (χ0n) is 19.8. The van der Waals surface area contributed by atoms with E-state index >= 15 is 0 Å². The summed E-state index contributed by atoms with van der Waals surface area (Å²) >= 11 is 0. The molecule has 9 heteroatoms. The van der Waals surface area contributed by atoms with Crippen LogP contribution in [-0.2, 0) is 9.16 Å². The lowest BCUT2D eigenvalue weighted by Crippen LogP contribution is -2.52. The Morgan fingerprint density at radius 3 is 2.45 bits per heavy atom. The normalized spacial score (nSPS) is 20.1.